The van der Waals surface area contributed by atoms with Gasteiger partial charge in [-0.2, -0.15) is 0 Å². The quantitative estimate of drug-likeness (QED) is 0.929. The number of hydrogen-bond donors (Lipinski definition) is 1. The molecule has 0 aliphatic heterocycles. The predicted octanol–water partition coefficient (Wildman–Crippen LogP) is 3.79. The molecule has 1 aliphatic carbocycles. The van der Waals surface area contributed by atoms with Crippen LogP contribution in [0.3, 0.4) is 0 Å². The van der Waals surface area contributed by atoms with Crippen LogP contribution in [0.25, 0.3) is 0 Å². The van der Waals surface area contributed by atoms with E-state index in [0.717, 1.165) is 40.7 Å². The zero-order valence-corrected chi connectivity index (χ0v) is 12.6. The molecule has 4 heteroatoms. The number of aryl methyl sites for hydroxylation is 1. The van der Waals surface area contributed by atoms with E-state index in [1.165, 1.54) is 5.56 Å². The van der Waals surface area contributed by atoms with Crippen LogP contribution in [0.1, 0.15) is 35.8 Å². The molecule has 0 spiro atoms. The zero-order chi connectivity index (χ0) is 13.9. The Kier molecular flexibility index (Phi) is 4.03. The smallest absolute Gasteiger partial charge is 0.130 e. The number of pyridine rings is 1. The molecule has 1 heterocycles. The largest absolute Gasteiger partial charge is 0.487 e. The van der Waals surface area contributed by atoms with Crippen molar-refractivity contribution in [1.82, 2.24) is 4.98 Å². The number of nitrogens with zero attached hydrogens (tertiary/aromatic N) is 1. The van der Waals surface area contributed by atoms with Gasteiger partial charge in [0.25, 0.3) is 0 Å². The molecule has 2 aromatic rings. The lowest BCUT2D eigenvalue weighted by molar-refractivity contribution is 0.156. The molecule has 1 aliphatic rings. The van der Waals surface area contributed by atoms with Gasteiger partial charge in [-0.05, 0) is 70.6 Å². The molecule has 1 unspecified atom stereocenters. The molecule has 1 atom stereocenters. The molecule has 3 nitrogen and oxygen atoms in total. The second-order valence-electron chi connectivity index (χ2n) is 5.03. The number of aliphatic hydroxyl groups excluding tert-OH is 1. The van der Waals surface area contributed by atoms with Crippen molar-refractivity contribution in [3.63, 3.8) is 0 Å². The van der Waals surface area contributed by atoms with Crippen LogP contribution in [0, 0.1) is 0 Å². The van der Waals surface area contributed by atoms with Crippen molar-refractivity contribution in [3.05, 3.63) is 57.8 Å². The Morgan fingerprint density at radius 1 is 1.30 bits per heavy atom. The van der Waals surface area contributed by atoms with Crippen LogP contribution in [-0.2, 0) is 13.0 Å². The van der Waals surface area contributed by atoms with Crippen molar-refractivity contribution in [1.29, 1.82) is 0 Å². The van der Waals surface area contributed by atoms with E-state index in [4.69, 9.17) is 4.74 Å². The highest BCUT2D eigenvalue weighted by atomic mass is 79.9. The highest BCUT2D eigenvalue weighted by Crippen LogP contribution is 2.32. The number of benzene rings is 1. The Morgan fingerprint density at radius 2 is 2.20 bits per heavy atom. The molecule has 0 fully saturated rings. The van der Waals surface area contributed by atoms with Gasteiger partial charge in [0.05, 0.1) is 11.8 Å². The van der Waals surface area contributed by atoms with Crippen molar-refractivity contribution in [2.24, 2.45) is 0 Å². The van der Waals surface area contributed by atoms with Gasteiger partial charge in [0.1, 0.15) is 12.4 Å². The van der Waals surface area contributed by atoms with Gasteiger partial charge in [0.2, 0.25) is 0 Å². The van der Waals surface area contributed by atoms with E-state index >= 15 is 0 Å². The summed E-state index contributed by atoms with van der Waals surface area (Å²) in [5.41, 5.74) is 3.14. The second kappa shape index (κ2) is 5.94. The molecule has 104 valence electrons. The molecule has 0 saturated heterocycles. The maximum atomic E-state index is 9.93. The molecule has 0 amide bonds. The molecular weight excluding hydrogens is 318 g/mol. The summed E-state index contributed by atoms with van der Waals surface area (Å²) in [5.74, 6) is 0.836. The lowest BCUT2D eigenvalue weighted by Gasteiger charge is -2.21. The summed E-state index contributed by atoms with van der Waals surface area (Å²) in [6.45, 7) is 0.453. The van der Waals surface area contributed by atoms with Crippen LogP contribution in [0.5, 0.6) is 5.75 Å². The summed E-state index contributed by atoms with van der Waals surface area (Å²) in [7, 11) is 0. The average molecular weight is 334 g/mol. The van der Waals surface area contributed by atoms with E-state index < -0.39 is 0 Å². The van der Waals surface area contributed by atoms with E-state index in [-0.39, 0.29) is 6.10 Å². The van der Waals surface area contributed by atoms with E-state index in [2.05, 4.69) is 20.9 Å². The number of aliphatic hydroxyl groups is 1. The van der Waals surface area contributed by atoms with E-state index in [9.17, 15) is 5.11 Å². The Bertz CT molecular complexity index is 598. The third-order valence-electron chi connectivity index (χ3n) is 3.57. The number of rotatable bonds is 3. The Morgan fingerprint density at radius 3 is 3.00 bits per heavy atom. The van der Waals surface area contributed by atoms with Crippen molar-refractivity contribution < 1.29 is 9.84 Å². The lowest BCUT2D eigenvalue weighted by Crippen LogP contribution is -2.09. The normalized spacial score (nSPS) is 17.6. The molecule has 3 rings (SSSR count). The first kappa shape index (κ1) is 13.6. The topological polar surface area (TPSA) is 42.4 Å². The third kappa shape index (κ3) is 3.02. The summed E-state index contributed by atoms with van der Waals surface area (Å²) in [4.78, 5) is 4.28. The highest BCUT2D eigenvalue weighted by molar-refractivity contribution is 9.10. The Hall–Kier alpha value is -1.39. The van der Waals surface area contributed by atoms with Gasteiger partial charge in [0.15, 0.2) is 0 Å². The van der Waals surface area contributed by atoms with Crippen LogP contribution < -0.4 is 4.74 Å². The first-order valence-electron chi connectivity index (χ1n) is 6.76. The minimum atomic E-state index is -0.319. The monoisotopic (exact) mass is 333 g/mol. The molecule has 0 bridgehead atoms. The number of fused-ring (bicyclic) bond motifs is 1. The zero-order valence-electron chi connectivity index (χ0n) is 11.1. The first-order chi connectivity index (χ1) is 9.72. The minimum Gasteiger partial charge on any atom is -0.487 e. The molecule has 0 saturated carbocycles. The van der Waals surface area contributed by atoms with E-state index in [0.29, 0.717) is 6.61 Å². The maximum Gasteiger partial charge on any atom is 0.130 e. The summed E-state index contributed by atoms with van der Waals surface area (Å²) >= 11 is 3.36. The highest BCUT2D eigenvalue weighted by Gasteiger charge is 2.18. The van der Waals surface area contributed by atoms with E-state index in [1.54, 1.807) is 6.20 Å². The second-order valence-corrected chi connectivity index (χ2v) is 5.94. The number of halogens is 1. The summed E-state index contributed by atoms with van der Waals surface area (Å²) in [6, 6.07) is 9.83. The lowest BCUT2D eigenvalue weighted by atomic mass is 9.89. The van der Waals surface area contributed by atoms with Crippen molar-refractivity contribution in [3.8, 4) is 5.75 Å². The number of hydrogen-bond acceptors (Lipinski definition) is 3. The molecule has 20 heavy (non-hydrogen) atoms. The Balaban J connectivity index is 1.70. The molecule has 1 N–H and O–H groups in total. The molecule has 1 aromatic carbocycles. The summed E-state index contributed by atoms with van der Waals surface area (Å²) in [5, 5.41) is 9.93. The van der Waals surface area contributed by atoms with Gasteiger partial charge >= 0.3 is 0 Å². The standard InChI is InChI=1S/C16H16BrNO2/c17-12-4-5-13(18-9-12)10-20-14-6-7-15-11(8-14)2-1-3-16(15)19/h4-9,16,19H,1-3,10H2. The third-order valence-corrected chi connectivity index (χ3v) is 4.04. The maximum absolute atomic E-state index is 9.93. The first-order valence-corrected chi connectivity index (χ1v) is 7.56. The van der Waals surface area contributed by atoms with Gasteiger partial charge in [-0.1, -0.05) is 6.07 Å². The fourth-order valence-electron chi connectivity index (χ4n) is 2.50. The summed E-state index contributed by atoms with van der Waals surface area (Å²) < 4.78 is 6.74. The molecular formula is C16H16BrNO2. The van der Waals surface area contributed by atoms with Crippen molar-refractivity contribution in [2.75, 3.05) is 0 Å². The molecule has 0 radical (unpaired) electrons. The van der Waals surface area contributed by atoms with Crippen LogP contribution >= 0.6 is 15.9 Å². The van der Waals surface area contributed by atoms with E-state index in [1.807, 2.05) is 30.3 Å². The minimum absolute atomic E-state index is 0.319. The fourth-order valence-corrected chi connectivity index (χ4v) is 2.74. The van der Waals surface area contributed by atoms with Crippen molar-refractivity contribution in [2.45, 2.75) is 32.0 Å². The van der Waals surface area contributed by atoms with Gasteiger partial charge in [-0.15, -0.1) is 0 Å². The van der Waals surface area contributed by atoms with Gasteiger partial charge in [-0.3, -0.25) is 4.98 Å². The van der Waals surface area contributed by atoms with Crippen LogP contribution in [0.2, 0.25) is 0 Å². The van der Waals surface area contributed by atoms with Gasteiger partial charge < -0.3 is 9.84 Å². The fraction of sp³-hybridized carbons (Fsp3) is 0.312. The van der Waals surface area contributed by atoms with Gasteiger partial charge in [0, 0.05) is 10.7 Å². The summed E-state index contributed by atoms with van der Waals surface area (Å²) in [6.07, 6.45) is 4.35. The number of aromatic nitrogens is 1. The van der Waals surface area contributed by atoms with Crippen LogP contribution in [-0.4, -0.2) is 10.1 Å². The van der Waals surface area contributed by atoms with Crippen LogP contribution in [0.4, 0.5) is 0 Å². The van der Waals surface area contributed by atoms with Crippen molar-refractivity contribution >= 4 is 15.9 Å². The average Bonchev–Trinajstić information content (AvgIpc) is 2.47. The van der Waals surface area contributed by atoms with Crippen LogP contribution in [0.15, 0.2) is 41.0 Å². The number of ether oxygens (including phenoxy) is 1. The Labute approximate surface area is 126 Å². The SMILES string of the molecule is OC1CCCc2cc(OCc3ccc(Br)cn3)ccc21. The predicted molar refractivity (Wildman–Crippen MR) is 80.6 cm³/mol. The van der Waals surface area contributed by atoms with Gasteiger partial charge in [-0.25, -0.2) is 0 Å². The molecule has 1 aromatic heterocycles.